The summed E-state index contributed by atoms with van der Waals surface area (Å²) in [4.78, 5) is 12.0. The first kappa shape index (κ1) is 11.5. The molecule has 1 saturated carbocycles. The average Bonchev–Trinajstić information content (AvgIpc) is 3.10. The van der Waals surface area contributed by atoms with Crippen LogP contribution in [0.2, 0.25) is 0 Å². The van der Waals surface area contributed by atoms with Crippen LogP contribution in [0.3, 0.4) is 0 Å². The summed E-state index contributed by atoms with van der Waals surface area (Å²) in [5.74, 6) is 0. The van der Waals surface area contributed by atoms with Crippen LogP contribution in [-0.4, -0.2) is 20.5 Å². The Morgan fingerprint density at radius 2 is 2.00 bits per heavy atom. The highest BCUT2D eigenvalue weighted by atomic mass is 79.9. The molecule has 0 atom stereocenters. The van der Waals surface area contributed by atoms with E-state index in [2.05, 4.69) is 21.0 Å². The third-order valence-corrected chi connectivity index (χ3v) is 3.30. The van der Waals surface area contributed by atoms with E-state index in [1.165, 1.54) is 9.25 Å². The fourth-order valence-corrected chi connectivity index (χ4v) is 1.93. The minimum atomic E-state index is -0.201. The molecular formula is C12H12BrN3O2. The summed E-state index contributed by atoms with van der Waals surface area (Å²) in [5.41, 5.74) is 0.555. The van der Waals surface area contributed by atoms with Gasteiger partial charge in [-0.05, 0) is 37.1 Å². The number of nitrogens with zero attached hydrogens (tertiary/aromatic N) is 3. The number of ether oxygens (including phenoxy) is 1. The zero-order valence-electron chi connectivity index (χ0n) is 9.84. The Morgan fingerprint density at radius 3 is 2.61 bits per heavy atom. The number of benzene rings is 1. The maximum Gasteiger partial charge on any atom is 0.353 e. The smallest absolute Gasteiger partial charge is 0.353 e. The third-order valence-electron chi connectivity index (χ3n) is 2.78. The van der Waals surface area contributed by atoms with Crippen LogP contribution < -0.4 is 10.4 Å². The lowest BCUT2D eigenvalue weighted by Crippen LogP contribution is -2.21. The van der Waals surface area contributed by atoms with Crippen LogP contribution in [0.25, 0.3) is 5.69 Å². The van der Waals surface area contributed by atoms with Crippen molar-refractivity contribution >= 4 is 15.9 Å². The van der Waals surface area contributed by atoms with E-state index in [0.717, 1.165) is 23.0 Å². The highest BCUT2D eigenvalue weighted by Gasteiger charge is 2.27. The minimum absolute atomic E-state index is 0.201. The molecule has 1 aromatic carbocycles. The Bertz CT molecular complexity index is 626. The molecule has 94 valence electrons. The first-order valence-corrected chi connectivity index (χ1v) is 6.53. The zero-order chi connectivity index (χ0) is 12.7. The fourth-order valence-electron chi connectivity index (χ4n) is 1.66. The van der Waals surface area contributed by atoms with Gasteiger partial charge < -0.3 is 4.74 Å². The second-order valence-electron chi connectivity index (χ2n) is 4.32. The molecule has 5 nitrogen and oxygen atoms in total. The Hall–Kier alpha value is -1.56. The number of hydrogen-bond acceptors (Lipinski definition) is 3. The molecule has 1 aliphatic carbocycles. The predicted octanol–water partition coefficient (Wildman–Crippen LogP) is 1.87. The lowest BCUT2D eigenvalue weighted by molar-refractivity contribution is 0.270. The molecule has 6 heteroatoms. The van der Waals surface area contributed by atoms with Crippen molar-refractivity contribution in [2.45, 2.75) is 18.9 Å². The average molecular weight is 310 g/mol. The van der Waals surface area contributed by atoms with E-state index >= 15 is 0 Å². The fraction of sp³-hybridized carbons (Fsp3) is 0.333. The van der Waals surface area contributed by atoms with Gasteiger partial charge in [-0.3, -0.25) is 0 Å². The van der Waals surface area contributed by atoms with E-state index in [9.17, 15) is 4.79 Å². The van der Waals surface area contributed by atoms with E-state index in [1.54, 1.807) is 7.05 Å². The van der Waals surface area contributed by atoms with Gasteiger partial charge in [0.15, 0.2) is 0 Å². The number of aryl methyl sites for hydroxylation is 1. The standard InChI is InChI=1S/C12H12BrN3O2/c1-15-12(17)16(9-4-2-8(13)3-5-9)11(14-15)18-10-6-7-10/h2-5,10H,6-7H2,1H3. The van der Waals surface area contributed by atoms with Gasteiger partial charge in [-0.1, -0.05) is 15.9 Å². The molecule has 0 bridgehead atoms. The van der Waals surface area contributed by atoms with Gasteiger partial charge in [-0.2, -0.15) is 0 Å². The molecular weight excluding hydrogens is 298 g/mol. The first-order chi connectivity index (χ1) is 8.65. The van der Waals surface area contributed by atoms with E-state index in [0.29, 0.717) is 6.01 Å². The Morgan fingerprint density at radius 1 is 1.33 bits per heavy atom. The molecule has 18 heavy (non-hydrogen) atoms. The van der Waals surface area contributed by atoms with Gasteiger partial charge in [-0.25, -0.2) is 14.0 Å². The SMILES string of the molecule is Cn1nc(OC2CC2)n(-c2ccc(Br)cc2)c1=O. The van der Waals surface area contributed by atoms with Gasteiger partial charge in [0.1, 0.15) is 6.10 Å². The number of hydrogen-bond donors (Lipinski definition) is 0. The van der Waals surface area contributed by atoms with Crippen LogP contribution in [0.4, 0.5) is 0 Å². The Labute approximate surface area is 112 Å². The first-order valence-electron chi connectivity index (χ1n) is 5.74. The van der Waals surface area contributed by atoms with Crippen molar-refractivity contribution in [3.63, 3.8) is 0 Å². The molecule has 0 radical (unpaired) electrons. The lowest BCUT2D eigenvalue weighted by Gasteiger charge is -2.06. The van der Waals surface area contributed by atoms with Crippen molar-refractivity contribution in [3.8, 4) is 11.7 Å². The van der Waals surface area contributed by atoms with E-state index in [1.807, 2.05) is 24.3 Å². The lowest BCUT2D eigenvalue weighted by atomic mass is 10.3. The second kappa shape index (κ2) is 4.28. The van der Waals surface area contributed by atoms with Crippen LogP contribution >= 0.6 is 15.9 Å². The van der Waals surface area contributed by atoms with Crippen LogP contribution in [0.1, 0.15) is 12.8 Å². The molecule has 1 aromatic heterocycles. The molecule has 0 spiro atoms. The molecule has 0 aliphatic heterocycles. The van der Waals surface area contributed by atoms with Gasteiger partial charge in [0, 0.05) is 11.5 Å². The summed E-state index contributed by atoms with van der Waals surface area (Å²) >= 11 is 3.37. The van der Waals surface area contributed by atoms with Crippen molar-refractivity contribution in [2.24, 2.45) is 7.05 Å². The molecule has 0 N–H and O–H groups in total. The molecule has 0 saturated heterocycles. The topological polar surface area (TPSA) is 49.0 Å². The molecule has 3 rings (SSSR count). The summed E-state index contributed by atoms with van der Waals surface area (Å²) < 4.78 is 9.41. The summed E-state index contributed by atoms with van der Waals surface area (Å²) in [6.45, 7) is 0. The molecule has 1 fully saturated rings. The highest BCUT2D eigenvalue weighted by Crippen LogP contribution is 2.26. The van der Waals surface area contributed by atoms with Crippen LogP contribution in [0.15, 0.2) is 33.5 Å². The summed E-state index contributed by atoms with van der Waals surface area (Å²) in [5, 5.41) is 4.12. The van der Waals surface area contributed by atoms with Crippen molar-refractivity contribution in [1.82, 2.24) is 14.3 Å². The van der Waals surface area contributed by atoms with E-state index in [-0.39, 0.29) is 11.8 Å². The van der Waals surface area contributed by atoms with E-state index in [4.69, 9.17) is 4.74 Å². The minimum Gasteiger partial charge on any atom is -0.460 e. The highest BCUT2D eigenvalue weighted by molar-refractivity contribution is 9.10. The van der Waals surface area contributed by atoms with Crippen LogP contribution in [0.5, 0.6) is 6.01 Å². The van der Waals surface area contributed by atoms with Crippen LogP contribution in [-0.2, 0) is 7.05 Å². The molecule has 0 unspecified atom stereocenters. The van der Waals surface area contributed by atoms with Crippen molar-refractivity contribution in [3.05, 3.63) is 39.2 Å². The van der Waals surface area contributed by atoms with Gasteiger partial charge in [0.2, 0.25) is 0 Å². The molecule has 0 amide bonds. The molecule has 1 heterocycles. The summed E-state index contributed by atoms with van der Waals surface area (Å²) in [6.07, 6.45) is 2.27. The Kier molecular flexibility index (Phi) is 2.74. The van der Waals surface area contributed by atoms with Gasteiger partial charge >= 0.3 is 11.7 Å². The van der Waals surface area contributed by atoms with Crippen molar-refractivity contribution in [1.29, 1.82) is 0 Å². The van der Waals surface area contributed by atoms with E-state index < -0.39 is 0 Å². The quantitative estimate of drug-likeness (QED) is 0.870. The largest absolute Gasteiger partial charge is 0.460 e. The maximum atomic E-state index is 12.0. The third kappa shape index (κ3) is 2.08. The van der Waals surface area contributed by atoms with Gasteiger partial charge in [0.05, 0.1) is 5.69 Å². The predicted molar refractivity (Wildman–Crippen MR) is 70.2 cm³/mol. The molecule has 2 aromatic rings. The number of rotatable bonds is 3. The van der Waals surface area contributed by atoms with Crippen molar-refractivity contribution in [2.75, 3.05) is 0 Å². The Balaban J connectivity index is 2.08. The van der Waals surface area contributed by atoms with Gasteiger partial charge in [-0.15, -0.1) is 5.10 Å². The number of aromatic nitrogens is 3. The van der Waals surface area contributed by atoms with Gasteiger partial charge in [0.25, 0.3) is 0 Å². The number of halogens is 1. The normalized spacial score (nSPS) is 14.8. The zero-order valence-corrected chi connectivity index (χ0v) is 11.4. The molecule has 1 aliphatic rings. The van der Waals surface area contributed by atoms with Crippen LogP contribution in [0, 0.1) is 0 Å². The second-order valence-corrected chi connectivity index (χ2v) is 5.23. The monoisotopic (exact) mass is 309 g/mol. The summed E-state index contributed by atoms with van der Waals surface area (Å²) in [7, 11) is 1.62. The summed E-state index contributed by atoms with van der Waals surface area (Å²) in [6, 6.07) is 7.85. The van der Waals surface area contributed by atoms with Crippen molar-refractivity contribution < 1.29 is 4.74 Å². The maximum absolute atomic E-state index is 12.0.